The number of carbonyl (C=O) groups is 2. The molecule has 2 aromatic carbocycles. The summed E-state index contributed by atoms with van der Waals surface area (Å²) >= 11 is 0. The minimum absolute atomic E-state index is 0.0457. The third-order valence-corrected chi connectivity index (χ3v) is 16.0. The number of esters is 1. The zero-order valence-electron chi connectivity index (χ0n) is 38.3. The molecule has 0 fully saturated rings. The number of Topliss-reactive ketones (excluding diaryl/α,β-unsaturated/α-hetero) is 1. The van der Waals surface area contributed by atoms with Gasteiger partial charge in [-0.25, -0.2) is 0 Å². The molecular weight excluding hydrogens is 769 g/mol. The highest BCUT2D eigenvalue weighted by atomic mass is 28.4. The van der Waals surface area contributed by atoms with Gasteiger partial charge in [-0.15, -0.1) is 0 Å². The van der Waals surface area contributed by atoms with E-state index in [1.165, 1.54) is 6.92 Å². The van der Waals surface area contributed by atoms with E-state index in [1.54, 1.807) is 21.1 Å². The lowest BCUT2D eigenvalue weighted by Crippen LogP contribution is -2.48. The first-order chi connectivity index (χ1) is 27.7. The van der Waals surface area contributed by atoms with Crippen molar-refractivity contribution < 1.29 is 52.6 Å². The Morgan fingerprint density at radius 3 is 2.15 bits per heavy atom. The fourth-order valence-corrected chi connectivity index (χ4v) is 7.74. The molecule has 6 unspecified atom stereocenters. The standard InChI is InChI=1S/C47H76O11Si/c1-14-35(30-55-32-54-24-23-52-10)25-33(3)42(56-31-36-19-21-39(53-11)22-20-36)28-40(58-59(12,13)46(5,6)7)29-43(57-44(50)15-2)47(8,9)38-18-16-17-37(26-38)27-41(49)45(51)34(4)48/h16-22,25-26,34-35,40,42-43,45,48,51H,14-15,23-24,27-32H2,1-13H3. The molecule has 0 radical (unpaired) electrons. The molecule has 2 aromatic rings. The summed E-state index contributed by atoms with van der Waals surface area (Å²) in [7, 11) is 0.890. The third kappa shape index (κ3) is 17.5. The summed E-state index contributed by atoms with van der Waals surface area (Å²) in [5.41, 5.74) is 2.90. The van der Waals surface area contributed by atoms with Crippen LogP contribution in [0.1, 0.15) is 105 Å². The zero-order valence-corrected chi connectivity index (χ0v) is 39.3. The molecule has 0 aliphatic rings. The summed E-state index contributed by atoms with van der Waals surface area (Å²) in [4.78, 5) is 26.0. The van der Waals surface area contributed by atoms with Crippen molar-refractivity contribution in [3.8, 4) is 5.75 Å². The Morgan fingerprint density at radius 1 is 0.898 bits per heavy atom. The number of aliphatic hydroxyl groups is 2. The molecule has 0 aromatic heterocycles. The number of ketones is 1. The summed E-state index contributed by atoms with van der Waals surface area (Å²) in [6.45, 7) is 24.6. The second-order valence-corrected chi connectivity index (χ2v) is 22.4. The highest BCUT2D eigenvalue weighted by molar-refractivity contribution is 6.74. The largest absolute Gasteiger partial charge is 0.497 e. The molecule has 2 rings (SSSR count). The molecule has 0 amide bonds. The van der Waals surface area contributed by atoms with Crippen LogP contribution in [0.25, 0.3) is 0 Å². The molecule has 0 heterocycles. The molecule has 12 heteroatoms. The Morgan fingerprint density at radius 2 is 1.58 bits per heavy atom. The quantitative estimate of drug-likeness (QED) is 0.0280. The molecule has 11 nitrogen and oxygen atoms in total. The number of ether oxygens (including phenoxy) is 6. The maximum atomic E-state index is 13.2. The first-order valence-electron chi connectivity index (χ1n) is 21.1. The Balaban J connectivity index is 2.61. The van der Waals surface area contributed by atoms with Crippen LogP contribution in [0.15, 0.2) is 60.2 Å². The van der Waals surface area contributed by atoms with Crippen LogP contribution in [0.2, 0.25) is 18.1 Å². The lowest BCUT2D eigenvalue weighted by Gasteiger charge is -2.43. The number of carbonyl (C=O) groups excluding carboxylic acids is 2. The maximum Gasteiger partial charge on any atom is 0.305 e. The van der Waals surface area contributed by atoms with Gasteiger partial charge < -0.3 is 43.1 Å². The van der Waals surface area contributed by atoms with Gasteiger partial charge >= 0.3 is 5.97 Å². The van der Waals surface area contributed by atoms with Crippen molar-refractivity contribution in [1.29, 1.82) is 0 Å². The van der Waals surface area contributed by atoms with E-state index in [1.807, 2.05) is 62.4 Å². The number of hydrogen-bond acceptors (Lipinski definition) is 11. The van der Waals surface area contributed by atoms with E-state index in [2.05, 4.69) is 53.8 Å². The van der Waals surface area contributed by atoms with Crippen LogP contribution in [0.5, 0.6) is 5.75 Å². The molecular formula is C47H76O11Si. The van der Waals surface area contributed by atoms with Crippen LogP contribution in [0, 0.1) is 5.92 Å². The van der Waals surface area contributed by atoms with Crippen molar-refractivity contribution in [2.45, 2.75) is 155 Å². The zero-order chi connectivity index (χ0) is 44.4. The smallest absolute Gasteiger partial charge is 0.305 e. The van der Waals surface area contributed by atoms with E-state index in [0.717, 1.165) is 28.9 Å². The Hall–Kier alpha value is -2.94. The Bertz CT molecular complexity index is 1560. The van der Waals surface area contributed by atoms with Crippen LogP contribution < -0.4 is 4.74 Å². The molecule has 0 spiro atoms. The SMILES string of the molecule is CCC(=O)OC(CC(CC(OCc1ccc(OC)cc1)C(C)=CC(CC)COCOCCOC)O[Si](C)(C)C(C)(C)C)C(C)(C)c1cccc(CC(=O)C(O)C(C)O)c1. The van der Waals surface area contributed by atoms with Crippen LogP contribution in [-0.2, 0) is 56.1 Å². The average Bonchev–Trinajstić information content (AvgIpc) is 3.18. The first-order valence-corrected chi connectivity index (χ1v) is 24.0. The highest BCUT2D eigenvalue weighted by Crippen LogP contribution is 2.41. The second kappa shape index (κ2) is 25.1. The Labute approximate surface area is 356 Å². The van der Waals surface area contributed by atoms with Gasteiger partial charge in [0.05, 0.1) is 51.8 Å². The molecule has 59 heavy (non-hydrogen) atoms. The maximum absolute atomic E-state index is 13.2. The molecule has 0 aliphatic carbocycles. The van der Waals surface area contributed by atoms with Gasteiger partial charge in [0.2, 0.25) is 0 Å². The molecule has 6 atom stereocenters. The van der Waals surface area contributed by atoms with E-state index < -0.39 is 37.8 Å². The summed E-state index contributed by atoms with van der Waals surface area (Å²) in [5, 5.41) is 19.9. The van der Waals surface area contributed by atoms with Gasteiger partial charge in [-0.3, -0.25) is 9.59 Å². The number of rotatable bonds is 28. The van der Waals surface area contributed by atoms with Crippen molar-refractivity contribution in [2.24, 2.45) is 5.92 Å². The molecule has 0 bridgehead atoms. The molecule has 0 saturated heterocycles. The van der Waals surface area contributed by atoms with Crippen molar-refractivity contribution >= 4 is 20.1 Å². The summed E-state index contributed by atoms with van der Waals surface area (Å²) in [6.07, 6.45) is 0.171. The van der Waals surface area contributed by atoms with Gasteiger partial charge in [-0.2, -0.15) is 0 Å². The highest BCUT2D eigenvalue weighted by Gasteiger charge is 2.43. The summed E-state index contributed by atoms with van der Waals surface area (Å²) < 4.78 is 42.3. The van der Waals surface area contributed by atoms with Crippen molar-refractivity contribution in [3.05, 3.63) is 76.9 Å². The molecule has 334 valence electrons. The van der Waals surface area contributed by atoms with Gasteiger partial charge in [0.25, 0.3) is 0 Å². The van der Waals surface area contributed by atoms with Crippen LogP contribution in [-0.4, -0.2) is 102 Å². The van der Waals surface area contributed by atoms with Gasteiger partial charge in [0, 0.05) is 44.1 Å². The lowest BCUT2D eigenvalue weighted by molar-refractivity contribution is -0.154. The monoisotopic (exact) mass is 845 g/mol. The lowest BCUT2D eigenvalue weighted by atomic mass is 9.76. The summed E-state index contributed by atoms with van der Waals surface area (Å²) in [5.74, 6) is 0.0981. The number of hydrogen-bond donors (Lipinski definition) is 2. The minimum Gasteiger partial charge on any atom is -0.497 e. The van der Waals surface area contributed by atoms with E-state index in [4.69, 9.17) is 32.8 Å². The van der Waals surface area contributed by atoms with E-state index >= 15 is 0 Å². The van der Waals surface area contributed by atoms with Crippen molar-refractivity contribution in [3.63, 3.8) is 0 Å². The molecule has 0 aliphatic heterocycles. The number of benzene rings is 2. The van der Waals surface area contributed by atoms with Gasteiger partial charge in [-0.05, 0) is 72.8 Å². The first kappa shape index (κ1) is 52.2. The van der Waals surface area contributed by atoms with Crippen molar-refractivity contribution in [1.82, 2.24) is 0 Å². The Kier molecular flexibility index (Phi) is 22.2. The van der Waals surface area contributed by atoms with Crippen molar-refractivity contribution in [2.75, 3.05) is 40.8 Å². The normalized spacial score (nSPS) is 15.9. The van der Waals surface area contributed by atoms with E-state index in [9.17, 15) is 19.8 Å². The van der Waals surface area contributed by atoms with Gasteiger partial charge in [-0.1, -0.05) is 90.9 Å². The van der Waals surface area contributed by atoms with E-state index in [-0.39, 0.29) is 48.8 Å². The van der Waals surface area contributed by atoms with Crippen LogP contribution in [0.4, 0.5) is 0 Å². The predicted molar refractivity (Wildman–Crippen MR) is 235 cm³/mol. The fraction of sp³-hybridized carbons (Fsp3) is 0.660. The predicted octanol–water partition coefficient (Wildman–Crippen LogP) is 8.51. The average molecular weight is 845 g/mol. The van der Waals surface area contributed by atoms with Crippen LogP contribution >= 0.6 is 0 Å². The molecule has 2 N–H and O–H groups in total. The summed E-state index contributed by atoms with van der Waals surface area (Å²) in [6, 6.07) is 15.4. The third-order valence-electron chi connectivity index (χ3n) is 11.5. The topological polar surface area (TPSA) is 139 Å². The number of aliphatic hydroxyl groups excluding tert-OH is 2. The van der Waals surface area contributed by atoms with E-state index in [0.29, 0.717) is 44.8 Å². The van der Waals surface area contributed by atoms with Crippen LogP contribution in [0.3, 0.4) is 0 Å². The molecule has 0 saturated carbocycles. The number of methoxy groups -OCH3 is 2. The minimum atomic E-state index is -2.39. The van der Waals surface area contributed by atoms with Gasteiger partial charge in [0.1, 0.15) is 24.8 Å². The fourth-order valence-electron chi connectivity index (χ4n) is 6.36. The second-order valence-electron chi connectivity index (χ2n) is 17.7. The van der Waals surface area contributed by atoms with Gasteiger partial charge in [0.15, 0.2) is 14.1 Å².